The zero-order valence-corrected chi connectivity index (χ0v) is 4.33. The lowest BCUT2D eigenvalue weighted by molar-refractivity contribution is 0.379. The summed E-state index contributed by atoms with van der Waals surface area (Å²) in [6.45, 7) is 3.88. The smallest absolute Gasteiger partial charge is 0.0478 e. The maximum absolute atomic E-state index is 4.70. The van der Waals surface area contributed by atoms with Crippen LogP contribution in [-0.4, -0.2) is 13.3 Å². The van der Waals surface area contributed by atoms with Crippen molar-refractivity contribution < 1.29 is 4.62 Å². The van der Waals surface area contributed by atoms with E-state index in [2.05, 4.69) is 4.62 Å². The summed E-state index contributed by atoms with van der Waals surface area (Å²) in [5.74, 6) is 4.70. The quantitative estimate of drug-likeness (QED) is 0.379. The van der Waals surface area contributed by atoms with Gasteiger partial charge in [0.25, 0.3) is 0 Å². The van der Waals surface area contributed by atoms with Crippen molar-refractivity contribution >= 4 is 8.15 Å². The van der Waals surface area contributed by atoms with Crippen LogP contribution in [0.1, 0.15) is 0 Å². The van der Waals surface area contributed by atoms with Crippen molar-refractivity contribution in [2.45, 2.75) is 0 Å². The Balaban J connectivity index is 2.54. The molecule has 0 fully saturated rings. The molecule has 0 heterocycles. The van der Waals surface area contributed by atoms with Crippen LogP contribution in [0.5, 0.6) is 0 Å². The average Bonchev–Trinajstić information content (AvgIpc) is 1.38. The van der Waals surface area contributed by atoms with Gasteiger partial charge in [0.2, 0.25) is 0 Å². The minimum atomic E-state index is -0.320. The molecule has 0 aromatic rings. The largest absolute Gasteiger partial charge is 0.284 e. The summed E-state index contributed by atoms with van der Waals surface area (Å²) in [6, 6.07) is 0. The lowest BCUT2D eigenvalue weighted by atomic mass is 11.9. The number of hydrogen-bond acceptors (Lipinski definition) is 2. The van der Waals surface area contributed by atoms with Gasteiger partial charge in [-0.1, -0.05) is 0 Å². The third kappa shape index (κ3) is 4.35. The van der Waals surface area contributed by atoms with Crippen LogP contribution in [0, 0.1) is 0 Å². The Hall–Kier alpha value is 0.350. The zero-order valence-electron chi connectivity index (χ0n) is 3.43. The normalized spacial score (nSPS) is 9.60. The number of hydrogen-bond donors (Lipinski definition) is 1. The third-order valence-electron chi connectivity index (χ3n) is 0.211. The Labute approximate surface area is 33.1 Å². The third-order valence-corrected chi connectivity index (χ3v) is 0.632. The standard InChI is InChI=1S/C2H8NOP/c1-5(2)4-3/h3H2,1-2H3. The summed E-state index contributed by atoms with van der Waals surface area (Å²) in [5.41, 5.74) is 0. The topological polar surface area (TPSA) is 35.2 Å². The molecule has 0 saturated carbocycles. The van der Waals surface area contributed by atoms with Gasteiger partial charge in [-0.15, -0.1) is 0 Å². The Morgan fingerprint density at radius 3 is 1.80 bits per heavy atom. The van der Waals surface area contributed by atoms with Gasteiger partial charge in [0.1, 0.15) is 0 Å². The molecule has 0 rings (SSSR count). The van der Waals surface area contributed by atoms with Crippen LogP contribution in [0.4, 0.5) is 0 Å². The molecule has 32 valence electrons. The predicted molar refractivity (Wildman–Crippen MR) is 24.0 cm³/mol. The molecule has 0 amide bonds. The Kier molecular flexibility index (Phi) is 2.76. The second kappa shape index (κ2) is 2.58. The lowest BCUT2D eigenvalue weighted by Gasteiger charge is -1.93. The summed E-state index contributed by atoms with van der Waals surface area (Å²) in [5, 5.41) is 0. The van der Waals surface area contributed by atoms with Gasteiger partial charge >= 0.3 is 0 Å². The molecule has 0 aromatic carbocycles. The van der Waals surface area contributed by atoms with Crippen LogP contribution in [-0.2, 0) is 4.62 Å². The van der Waals surface area contributed by atoms with E-state index in [0.717, 1.165) is 0 Å². The first kappa shape index (κ1) is 5.35. The molecular weight excluding hydrogens is 85.0 g/mol. The monoisotopic (exact) mass is 93.0 g/mol. The van der Waals surface area contributed by atoms with Gasteiger partial charge in [-0.3, -0.25) is 4.62 Å². The van der Waals surface area contributed by atoms with Crippen LogP contribution in [0.2, 0.25) is 0 Å². The fourth-order valence-electron chi connectivity index (χ4n) is 0. The molecule has 0 aliphatic rings. The van der Waals surface area contributed by atoms with Crippen molar-refractivity contribution in [3.63, 3.8) is 0 Å². The highest BCUT2D eigenvalue weighted by atomic mass is 31.1. The summed E-state index contributed by atoms with van der Waals surface area (Å²) in [4.78, 5) is 0. The van der Waals surface area contributed by atoms with Crippen molar-refractivity contribution in [1.82, 2.24) is 0 Å². The van der Waals surface area contributed by atoms with Crippen molar-refractivity contribution in [2.24, 2.45) is 5.90 Å². The van der Waals surface area contributed by atoms with E-state index in [4.69, 9.17) is 5.90 Å². The lowest BCUT2D eigenvalue weighted by Crippen LogP contribution is -1.88. The number of rotatable bonds is 1. The molecule has 2 nitrogen and oxygen atoms in total. The maximum Gasteiger partial charge on any atom is 0.0478 e. The average molecular weight is 93.1 g/mol. The van der Waals surface area contributed by atoms with Gasteiger partial charge in [0.15, 0.2) is 0 Å². The highest BCUT2D eigenvalue weighted by molar-refractivity contribution is 7.50. The Bertz CT molecular complexity index is 23.6. The van der Waals surface area contributed by atoms with Gasteiger partial charge in [0.05, 0.1) is 0 Å². The summed E-state index contributed by atoms with van der Waals surface area (Å²) in [7, 11) is -0.320. The highest BCUT2D eigenvalue weighted by Crippen LogP contribution is 2.20. The van der Waals surface area contributed by atoms with Crippen molar-refractivity contribution in [3.8, 4) is 0 Å². The summed E-state index contributed by atoms with van der Waals surface area (Å²) >= 11 is 0. The van der Waals surface area contributed by atoms with E-state index >= 15 is 0 Å². The molecule has 5 heavy (non-hydrogen) atoms. The minimum absolute atomic E-state index is 0.320. The molecule has 0 aromatic heterocycles. The first-order valence-electron chi connectivity index (χ1n) is 1.31. The van der Waals surface area contributed by atoms with Gasteiger partial charge in [-0.05, 0) is 13.3 Å². The molecule has 0 unspecified atom stereocenters. The summed E-state index contributed by atoms with van der Waals surface area (Å²) in [6.07, 6.45) is 0. The molecule has 2 N–H and O–H groups in total. The van der Waals surface area contributed by atoms with E-state index in [1.54, 1.807) is 0 Å². The second-order valence-corrected chi connectivity index (χ2v) is 2.75. The van der Waals surface area contributed by atoms with E-state index in [1.807, 2.05) is 13.3 Å². The van der Waals surface area contributed by atoms with Crippen LogP contribution in [0.3, 0.4) is 0 Å². The predicted octanol–water partition coefficient (Wildman–Crippen LogP) is 0.533. The Morgan fingerprint density at radius 1 is 1.60 bits per heavy atom. The zero-order chi connectivity index (χ0) is 4.28. The highest BCUT2D eigenvalue weighted by Gasteiger charge is 1.79. The molecule has 0 aliphatic carbocycles. The first-order valence-corrected chi connectivity index (χ1v) is 3.47. The molecule has 0 radical (unpaired) electrons. The summed E-state index contributed by atoms with van der Waals surface area (Å²) < 4.78 is 4.31. The van der Waals surface area contributed by atoms with Crippen molar-refractivity contribution in [2.75, 3.05) is 13.3 Å². The molecule has 0 spiro atoms. The molecule has 0 atom stereocenters. The number of nitrogens with two attached hydrogens (primary N) is 1. The van der Waals surface area contributed by atoms with E-state index in [9.17, 15) is 0 Å². The van der Waals surface area contributed by atoms with Gasteiger partial charge in [-0.25, -0.2) is 5.90 Å². The maximum atomic E-state index is 4.70. The van der Waals surface area contributed by atoms with Crippen molar-refractivity contribution in [3.05, 3.63) is 0 Å². The molecule has 0 saturated heterocycles. The van der Waals surface area contributed by atoms with E-state index in [0.29, 0.717) is 0 Å². The van der Waals surface area contributed by atoms with Gasteiger partial charge < -0.3 is 0 Å². The van der Waals surface area contributed by atoms with Crippen molar-refractivity contribution in [1.29, 1.82) is 0 Å². The minimum Gasteiger partial charge on any atom is -0.284 e. The fourth-order valence-corrected chi connectivity index (χ4v) is 0. The SMILES string of the molecule is CP(C)ON. The van der Waals surface area contributed by atoms with E-state index < -0.39 is 0 Å². The van der Waals surface area contributed by atoms with Gasteiger partial charge in [0, 0.05) is 8.15 Å². The Morgan fingerprint density at radius 2 is 1.80 bits per heavy atom. The van der Waals surface area contributed by atoms with Crippen LogP contribution < -0.4 is 5.90 Å². The van der Waals surface area contributed by atoms with E-state index in [-0.39, 0.29) is 8.15 Å². The molecule has 3 heteroatoms. The van der Waals surface area contributed by atoms with Crippen LogP contribution in [0.15, 0.2) is 0 Å². The molecule has 0 aliphatic heterocycles. The molecule has 0 bridgehead atoms. The first-order chi connectivity index (χ1) is 2.27. The van der Waals surface area contributed by atoms with E-state index in [1.165, 1.54) is 0 Å². The molecular formula is C2H8NOP. The second-order valence-electron chi connectivity index (χ2n) is 0.918. The fraction of sp³-hybridized carbons (Fsp3) is 1.00. The van der Waals surface area contributed by atoms with Crippen LogP contribution >= 0.6 is 8.15 Å². The van der Waals surface area contributed by atoms with Crippen LogP contribution in [0.25, 0.3) is 0 Å². The van der Waals surface area contributed by atoms with Gasteiger partial charge in [-0.2, -0.15) is 0 Å².